The quantitative estimate of drug-likeness (QED) is 0.599. The topological polar surface area (TPSA) is 70.2 Å². The Balaban J connectivity index is 1.69. The van der Waals surface area contributed by atoms with E-state index in [9.17, 15) is 4.79 Å². The zero-order valence-corrected chi connectivity index (χ0v) is 17.2. The zero-order valence-electron chi connectivity index (χ0n) is 15.7. The third kappa shape index (κ3) is 4.79. The summed E-state index contributed by atoms with van der Waals surface area (Å²) >= 11 is 11.5. The van der Waals surface area contributed by atoms with Gasteiger partial charge in [0.05, 0.1) is 24.6 Å². The summed E-state index contributed by atoms with van der Waals surface area (Å²) in [5.41, 5.74) is 1.47. The number of benzene rings is 2. The molecular formula is C20H21ClN4O2S. The molecule has 3 rings (SSSR count). The van der Waals surface area contributed by atoms with E-state index in [0.29, 0.717) is 46.5 Å². The van der Waals surface area contributed by atoms with Crippen molar-refractivity contribution in [2.24, 2.45) is 0 Å². The summed E-state index contributed by atoms with van der Waals surface area (Å²) in [4.78, 5) is 21.6. The van der Waals surface area contributed by atoms with Crippen LogP contribution in [0.4, 0.5) is 0 Å². The molecule has 0 radical (unpaired) electrons. The van der Waals surface area contributed by atoms with Crippen LogP contribution >= 0.6 is 23.8 Å². The van der Waals surface area contributed by atoms with Gasteiger partial charge in [-0.3, -0.25) is 4.79 Å². The van der Waals surface area contributed by atoms with Crippen molar-refractivity contribution in [2.45, 2.75) is 20.0 Å². The van der Waals surface area contributed by atoms with Crippen molar-refractivity contribution in [3.8, 4) is 5.75 Å². The highest BCUT2D eigenvalue weighted by Crippen LogP contribution is 2.15. The first-order valence-electron chi connectivity index (χ1n) is 8.84. The first-order chi connectivity index (χ1) is 13.5. The van der Waals surface area contributed by atoms with Crippen molar-refractivity contribution in [1.29, 1.82) is 0 Å². The molecule has 0 bridgehead atoms. The molecule has 1 heterocycles. The van der Waals surface area contributed by atoms with Crippen molar-refractivity contribution in [1.82, 2.24) is 20.2 Å². The van der Waals surface area contributed by atoms with E-state index in [1.54, 1.807) is 25.3 Å². The van der Waals surface area contributed by atoms with E-state index in [1.807, 2.05) is 36.1 Å². The number of nitrogens with one attached hydrogen (secondary N) is 2. The molecule has 6 nitrogen and oxygen atoms in total. The summed E-state index contributed by atoms with van der Waals surface area (Å²) in [6.45, 7) is 3.66. The van der Waals surface area contributed by atoms with E-state index < -0.39 is 0 Å². The maximum atomic E-state index is 12.3. The van der Waals surface area contributed by atoms with Crippen LogP contribution < -0.4 is 15.6 Å². The molecule has 0 spiro atoms. The molecule has 2 N–H and O–H groups in total. The van der Waals surface area contributed by atoms with Gasteiger partial charge < -0.3 is 19.9 Å². The van der Waals surface area contributed by atoms with Crippen molar-refractivity contribution in [2.75, 3.05) is 13.7 Å². The van der Waals surface area contributed by atoms with E-state index in [1.165, 1.54) is 0 Å². The molecule has 0 aliphatic carbocycles. The van der Waals surface area contributed by atoms with Gasteiger partial charge in [-0.25, -0.2) is 4.98 Å². The first-order valence-corrected chi connectivity index (χ1v) is 9.63. The molecule has 0 unspecified atom stereocenters. The van der Waals surface area contributed by atoms with Crippen molar-refractivity contribution < 1.29 is 4.74 Å². The summed E-state index contributed by atoms with van der Waals surface area (Å²) in [6, 6.07) is 12.8. The predicted molar refractivity (Wildman–Crippen MR) is 116 cm³/mol. The van der Waals surface area contributed by atoms with Crippen LogP contribution in [0.3, 0.4) is 0 Å². The zero-order chi connectivity index (χ0) is 20.1. The van der Waals surface area contributed by atoms with Crippen molar-refractivity contribution >= 4 is 39.8 Å². The van der Waals surface area contributed by atoms with E-state index in [0.717, 1.165) is 11.3 Å². The van der Waals surface area contributed by atoms with Crippen LogP contribution in [0.5, 0.6) is 5.75 Å². The highest BCUT2D eigenvalue weighted by molar-refractivity contribution is 7.80. The minimum Gasteiger partial charge on any atom is -0.497 e. The third-order valence-electron chi connectivity index (χ3n) is 4.33. The van der Waals surface area contributed by atoms with Crippen LogP contribution in [-0.4, -0.2) is 33.6 Å². The van der Waals surface area contributed by atoms with Gasteiger partial charge in [-0.15, -0.1) is 0 Å². The standard InChI is InChI=1S/C20H21ClN4O2S/c1-3-25(20(28)22-11-13-4-7-15(27-2)8-5-13)12-18-23-17-10-14(21)6-9-16(17)19(26)24-18/h4-10H,3,11-12H2,1-2H3,(H,22,28)(H,23,24,26). The van der Waals surface area contributed by atoms with Crippen molar-refractivity contribution in [3.05, 3.63) is 69.2 Å². The van der Waals surface area contributed by atoms with Gasteiger partial charge in [0, 0.05) is 18.1 Å². The molecule has 0 fully saturated rings. The van der Waals surface area contributed by atoms with Gasteiger partial charge in [0.1, 0.15) is 11.6 Å². The van der Waals surface area contributed by atoms with Gasteiger partial charge in [0.25, 0.3) is 5.56 Å². The molecule has 1 aromatic heterocycles. The molecule has 0 aliphatic rings. The Morgan fingerprint density at radius 2 is 2.04 bits per heavy atom. The Hall–Kier alpha value is -2.64. The highest BCUT2D eigenvalue weighted by atomic mass is 35.5. The molecule has 8 heteroatoms. The lowest BCUT2D eigenvalue weighted by molar-refractivity contribution is 0.413. The van der Waals surface area contributed by atoms with Crippen LogP contribution in [-0.2, 0) is 13.1 Å². The number of nitrogens with zero attached hydrogens (tertiary/aromatic N) is 2. The lowest BCUT2D eigenvalue weighted by atomic mass is 10.2. The molecule has 28 heavy (non-hydrogen) atoms. The minimum atomic E-state index is -0.190. The van der Waals surface area contributed by atoms with E-state index in [4.69, 9.17) is 28.6 Å². The molecular weight excluding hydrogens is 396 g/mol. The van der Waals surface area contributed by atoms with Crippen LogP contribution in [0.15, 0.2) is 47.3 Å². The summed E-state index contributed by atoms with van der Waals surface area (Å²) in [7, 11) is 1.64. The average molecular weight is 417 g/mol. The first kappa shape index (κ1) is 20.1. The number of ether oxygens (including phenoxy) is 1. The third-order valence-corrected chi connectivity index (χ3v) is 4.97. The monoisotopic (exact) mass is 416 g/mol. The Bertz CT molecular complexity index is 1040. The Morgan fingerprint density at radius 1 is 1.29 bits per heavy atom. The van der Waals surface area contributed by atoms with Gasteiger partial charge >= 0.3 is 0 Å². The molecule has 0 saturated heterocycles. The number of aromatic nitrogens is 2. The molecule has 0 amide bonds. The van der Waals surface area contributed by atoms with E-state index in [-0.39, 0.29) is 5.56 Å². The van der Waals surface area contributed by atoms with Crippen LogP contribution in [0.2, 0.25) is 5.02 Å². The molecule has 3 aromatic rings. The number of thiocarbonyl (C=S) groups is 1. The van der Waals surface area contributed by atoms with Gasteiger partial charge in [0.2, 0.25) is 0 Å². The summed E-state index contributed by atoms with van der Waals surface area (Å²) < 4.78 is 5.17. The maximum Gasteiger partial charge on any atom is 0.258 e. The molecule has 2 aromatic carbocycles. The number of fused-ring (bicyclic) bond motifs is 1. The van der Waals surface area contributed by atoms with E-state index in [2.05, 4.69) is 15.3 Å². The number of methoxy groups -OCH3 is 1. The highest BCUT2D eigenvalue weighted by Gasteiger charge is 2.12. The lowest BCUT2D eigenvalue weighted by Gasteiger charge is -2.24. The average Bonchev–Trinajstić information content (AvgIpc) is 2.70. The molecule has 0 atom stereocenters. The minimum absolute atomic E-state index is 0.190. The largest absolute Gasteiger partial charge is 0.497 e. The molecule has 0 saturated carbocycles. The van der Waals surface area contributed by atoms with Crippen LogP contribution in [0.1, 0.15) is 18.3 Å². The predicted octanol–water partition coefficient (Wildman–Crippen LogP) is 3.48. The van der Waals surface area contributed by atoms with Crippen molar-refractivity contribution in [3.63, 3.8) is 0 Å². The fourth-order valence-electron chi connectivity index (χ4n) is 2.78. The molecule has 146 valence electrons. The molecule has 0 aliphatic heterocycles. The number of rotatable bonds is 6. The van der Waals surface area contributed by atoms with Crippen LogP contribution in [0.25, 0.3) is 10.9 Å². The van der Waals surface area contributed by atoms with Gasteiger partial charge in [-0.2, -0.15) is 0 Å². The van der Waals surface area contributed by atoms with Gasteiger partial charge in [-0.1, -0.05) is 23.7 Å². The normalized spacial score (nSPS) is 10.7. The Labute approximate surface area is 173 Å². The SMILES string of the molecule is CCN(Cc1nc2cc(Cl)ccc2c(=O)[nH]1)C(=S)NCc1ccc(OC)cc1. The fourth-order valence-corrected chi connectivity index (χ4v) is 3.21. The van der Waals surface area contributed by atoms with Gasteiger partial charge in [0.15, 0.2) is 5.11 Å². The second-order valence-electron chi connectivity index (χ2n) is 6.20. The van der Waals surface area contributed by atoms with Crippen LogP contribution in [0, 0.1) is 0 Å². The second kappa shape index (κ2) is 9.03. The summed E-state index contributed by atoms with van der Waals surface area (Å²) in [5, 5.41) is 4.89. The number of aromatic amines is 1. The maximum absolute atomic E-state index is 12.3. The smallest absolute Gasteiger partial charge is 0.258 e. The fraction of sp³-hybridized carbons (Fsp3) is 0.250. The Morgan fingerprint density at radius 3 is 2.71 bits per heavy atom. The Kier molecular flexibility index (Phi) is 6.49. The lowest BCUT2D eigenvalue weighted by Crippen LogP contribution is -2.39. The second-order valence-corrected chi connectivity index (χ2v) is 7.02. The number of halogens is 1. The van der Waals surface area contributed by atoms with E-state index >= 15 is 0 Å². The summed E-state index contributed by atoms with van der Waals surface area (Å²) in [6.07, 6.45) is 0. The number of H-pyrrole nitrogens is 1. The number of hydrogen-bond donors (Lipinski definition) is 2. The van der Waals surface area contributed by atoms with Gasteiger partial charge in [-0.05, 0) is 55.0 Å². The summed E-state index contributed by atoms with van der Waals surface area (Å²) in [5.74, 6) is 1.35. The number of hydrogen-bond acceptors (Lipinski definition) is 4.